The van der Waals surface area contributed by atoms with Crippen LogP contribution in [0.15, 0.2) is 24.4 Å². The number of carbonyl (C=O) groups excluding carboxylic acids is 1. The predicted octanol–water partition coefficient (Wildman–Crippen LogP) is 2.72. The van der Waals surface area contributed by atoms with Crippen LogP contribution in [0.1, 0.15) is 61.1 Å². The number of fused-ring (bicyclic) bond motifs is 3. The summed E-state index contributed by atoms with van der Waals surface area (Å²) < 4.78 is 1.94. The molecule has 2 aromatic rings. The van der Waals surface area contributed by atoms with Crippen molar-refractivity contribution in [3.05, 3.63) is 35.8 Å². The second kappa shape index (κ2) is 6.79. The van der Waals surface area contributed by atoms with Crippen LogP contribution in [0.5, 0.6) is 0 Å². The molecule has 4 saturated carbocycles. The molecule has 2 heterocycles. The van der Waals surface area contributed by atoms with E-state index in [0.717, 1.165) is 48.6 Å². The van der Waals surface area contributed by atoms with Crippen LogP contribution in [-0.2, 0) is 6.54 Å². The first kappa shape index (κ1) is 18.8. The van der Waals surface area contributed by atoms with Crippen LogP contribution >= 0.6 is 0 Å². The first-order chi connectivity index (χ1) is 14.6. The van der Waals surface area contributed by atoms with Crippen LogP contribution in [-0.4, -0.2) is 34.9 Å². The van der Waals surface area contributed by atoms with Crippen molar-refractivity contribution in [3.63, 3.8) is 0 Å². The summed E-state index contributed by atoms with van der Waals surface area (Å²) in [6.45, 7) is 3.10. The zero-order chi connectivity index (χ0) is 20.3. The molecule has 2 aromatic heterocycles. The first-order valence-electron chi connectivity index (χ1n) is 11.8. The molecular weight excluding hydrogens is 374 g/mol. The van der Waals surface area contributed by atoms with Gasteiger partial charge < -0.3 is 16.4 Å². The van der Waals surface area contributed by atoms with Gasteiger partial charge in [-0.15, -0.1) is 0 Å². The standard InChI is InChI=1S/C24H33N5O/c25-5-2-6-26-12-19-13-29-20(3-1-4-21(29)28-19)22(30)27-15-23-9-16-7-17-8-18(11-23)24(17,10-16)14-23/h1,3-4,13,16-18,26H,2,5-12,14-15,25H2,(H,27,30). The fourth-order valence-corrected chi connectivity index (χ4v) is 7.88. The number of hydrogen-bond acceptors (Lipinski definition) is 4. The maximum Gasteiger partial charge on any atom is 0.268 e. The number of imidazole rings is 1. The highest BCUT2D eigenvalue weighted by molar-refractivity contribution is 5.93. The molecule has 5 unspecified atom stereocenters. The van der Waals surface area contributed by atoms with E-state index in [9.17, 15) is 4.79 Å². The van der Waals surface area contributed by atoms with Crippen molar-refractivity contribution in [3.8, 4) is 0 Å². The van der Waals surface area contributed by atoms with Gasteiger partial charge in [0.2, 0.25) is 0 Å². The van der Waals surface area contributed by atoms with Crippen molar-refractivity contribution in [1.82, 2.24) is 20.0 Å². The number of nitrogens with zero attached hydrogens (tertiary/aromatic N) is 2. The summed E-state index contributed by atoms with van der Waals surface area (Å²) in [6, 6.07) is 5.80. The number of amides is 1. The van der Waals surface area contributed by atoms with Crippen LogP contribution in [0.2, 0.25) is 0 Å². The minimum absolute atomic E-state index is 0.0289. The SMILES string of the molecule is NCCCNCc1cn2c(C(=O)NCC34CC5CC6CC(C3)C6(C5)C4)cccc2n1. The van der Waals surface area contributed by atoms with Crippen LogP contribution in [0.3, 0.4) is 0 Å². The molecule has 0 radical (unpaired) electrons. The van der Waals surface area contributed by atoms with Crippen molar-refractivity contribution in [1.29, 1.82) is 0 Å². The molecule has 4 N–H and O–H groups in total. The molecule has 3 bridgehead atoms. The molecule has 1 spiro atoms. The summed E-state index contributed by atoms with van der Waals surface area (Å²) in [5.41, 5.74) is 9.04. The lowest BCUT2D eigenvalue weighted by Gasteiger charge is -2.49. The minimum atomic E-state index is 0.0289. The quantitative estimate of drug-likeness (QED) is 0.588. The van der Waals surface area contributed by atoms with Crippen LogP contribution in [0, 0.1) is 28.6 Å². The molecule has 1 amide bonds. The predicted molar refractivity (Wildman–Crippen MR) is 116 cm³/mol. The lowest BCUT2D eigenvalue weighted by atomic mass is 9.55. The lowest BCUT2D eigenvalue weighted by molar-refractivity contribution is -0.00254. The highest BCUT2D eigenvalue weighted by atomic mass is 16.1. The van der Waals surface area contributed by atoms with Gasteiger partial charge in [-0.05, 0) is 98.8 Å². The Hall–Kier alpha value is -1.92. The van der Waals surface area contributed by atoms with Gasteiger partial charge in [0, 0.05) is 19.3 Å². The number of aromatic nitrogens is 2. The summed E-state index contributed by atoms with van der Waals surface area (Å²) in [4.78, 5) is 17.8. The van der Waals surface area contributed by atoms with Gasteiger partial charge in [-0.2, -0.15) is 0 Å². The lowest BCUT2D eigenvalue weighted by Crippen LogP contribution is -2.43. The summed E-state index contributed by atoms with van der Waals surface area (Å²) in [6.07, 6.45) is 11.4. The Morgan fingerprint density at radius 3 is 3.07 bits per heavy atom. The van der Waals surface area contributed by atoms with Crippen LogP contribution in [0.25, 0.3) is 5.65 Å². The maximum atomic E-state index is 13.2. The molecule has 0 aliphatic heterocycles. The zero-order valence-electron chi connectivity index (χ0n) is 17.7. The number of nitrogens with one attached hydrogen (secondary N) is 2. The van der Waals surface area contributed by atoms with E-state index >= 15 is 0 Å². The molecule has 5 atom stereocenters. The molecule has 0 aromatic carbocycles. The van der Waals surface area contributed by atoms with Crippen molar-refractivity contribution in [2.45, 2.75) is 51.5 Å². The molecule has 4 aliphatic rings. The third-order valence-electron chi connectivity index (χ3n) is 8.85. The molecule has 160 valence electrons. The monoisotopic (exact) mass is 407 g/mol. The summed E-state index contributed by atoms with van der Waals surface area (Å²) in [7, 11) is 0. The van der Waals surface area contributed by atoms with Crippen molar-refractivity contribution >= 4 is 11.6 Å². The molecule has 6 nitrogen and oxygen atoms in total. The van der Waals surface area contributed by atoms with E-state index in [1.165, 1.54) is 38.5 Å². The number of nitrogens with two attached hydrogens (primary N) is 1. The highest BCUT2D eigenvalue weighted by Gasteiger charge is 2.70. The zero-order valence-corrected chi connectivity index (χ0v) is 17.7. The minimum Gasteiger partial charge on any atom is -0.350 e. The van der Waals surface area contributed by atoms with E-state index < -0.39 is 0 Å². The van der Waals surface area contributed by atoms with Crippen molar-refractivity contribution in [2.24, 2.45) is 34.3 Å². The molecule has 4 aliphatic carbocycles. The van der Waals surface area contributed by atoms with E-state index in [2.05, 4.69) is 15.6 Å². The largest absolute Gasteiger partial charge is 0.350 e. The number of carbonyl (C=O) groups is 1. The summed E-state index contributed by atoms with van der Waals surface area (Å²) >= 11 is 0. The molecule has 30 heavy (non-hydrogen) atoms. The van der Waals surface area contributed by atoms with Gasteiger partial charge >= 0.3 is 0 Å². The van der Waals surface area contributed by atoms with Crippen LogP contribution in [0.4, 0.5) is 0 Å². The molecule has 6 rings (SSSR count). The summed E-state index contributed by atoms with van der Waals surface area (Å²) in [5, 5.41) is 6.70. The Morgan fingerprint density at radius 2 is 2.17 bits per heavy atom. The van der Waals surface area contributed by atoms with Gasteiger partial charge in [0.1, 0.15) is 11.3 Å². The van der Waals surface area contributed by atoms with Gasteiger partial charge in [-0.25, -0.2) is 4.98 Å². The van der Waals surface area contributed by atoms with Gasteiger partial charge in [-0.3, -0.25) is 9.20 Å². The number of pyridine rings is 1. The van der Waals surface area contributed by atoms with E-state index in [1.807, 2.05) is 28.8 Å². The van der Waals surface area contributed by atoms with Crippen LogP contribution < -0.4 is 16.4 Å². The highest BCUT2D eigenvalue weighted by Crippen LogP contribution is 2.78. The fraction of sp³-hybridized carbons (Fsp3) is 0.667. The Kier molecular flexibility index (Phi) is 4.26. The maximum absolute atomic E-state index is 13.2. The topological polar surface area (TPSA) is 84.4 Å². The molecular formula is C24H33N5O. The van der Waals surface area contributed by atoms with Gasteiger partial charge in [-0.1, -0.05) is 6.07 Å². The van der Waals surface area contributed by atoms with Crippen molar-refractivity contribution < 1.29 is 4.79 Å². The van der Waals surface area contributed by atoms with Gasteiger partial charge in [0.15, 0.2) is 0 Å². The first-order valence-corrected chi connectivity index (χ1v) is 11.8. The average molecular weight is 408 g/mol. The summed E-state index contributed by atoms with van der Waals surface area (Å²) in [5.74, 6) is 2.89. The van der Waals surface area contributed by atoms with Gasteiger partial charge in [0.05, 0.1) is 5.69 Å². The van der Waals surface area contributed by atoms with Crippen molar-refractivity contribution in [2.75, 3.05) is 19.6 Å². The number of hydrogen-bond donors (Lipinski definition) is 3. The smallest absolute Gasteiger partial charge is 0.268 e. The second-order valence-corrected chi connectivity index (χ2v) is 10.6. The average Bonchev–Trinajstić information content (AvgIpc) is 3.30. The molecule has 6 heteroatoms. The Morgan fingerprint density at radius 1 is 1.23 bits per heavy atom. The van der Waals surface area contributed by atoms with E-state index in [0.29, 0.717) is 29.6 Å². The Bertz CT molecular complexity index is 981. The Labute approximate surface area is 178 Å². The van der Waals surface area contributed by atoms with E-state index in [-0.39, 0.29) is 5.91 Å². The number of rotatable bonds is 8. The third-order valence-corrected chi connectivity index (χ3v) is 8.85. The van der Waals surface area contributed by atoms with E-state index in [4.69, 9.17) is 5.73 Å². The fourth-order valence-electron chi connectivity index (χ4n) is 7.88. The Balaban J connectivity index is 1.15. The normalized spacial score (nSPS) is 35.6. The molecule has 0 saturated heterocycles. The second-order valence-electron chi connectivity index (χ2n) is 10.6. The van der Waals surface area contributed by atoms with E-state index in [1.54, 1.807) is 0 Å². The van der Waals surface area contributed by atoms with Gasteiger partial charge in [0.25, 0.3) is 5.91 Å². The third kappa shape index (κ3) is 2.76. The molecule has 4 fully saturated rings.